The summed E-state index contributed by atoms with van der Waals surface area (Å²) < 4.78 is 29.5. The average Bonchev–Trinajstić information content (AvgIpc) is 2.64. The van der Waals surface area contributed by atoms with Crippen LogP contribution in [0.2, 0.25) is 0 Å². The van der Waals surface area contributed by atoms with Gasteiger partial charge in [0.15, 0.2) is 9.84 Å². The van der Waals surface area contributed by atoms with Gasteiger partial charge in [0.25, 0.3) is 0 Å². The fraction of sp³-hybridized carbons (Fsp3) is 0.500. The highest BCUT2D eigenvalue weighted by Crippen LogP contribution is 2.22. The van der Waals surface area contributed by atoms with Gasteiger partial charge in [0.1, 0.15) is 0 Å². The highest BCUT2D eigenvalue weighted by Gasteiger charge is 2.27. The maximum absolute atomic E-state index is 12.0. The van der Waals surface area contributed by atoms with Crippen molar-refractivity contribution >= 4 is 9.84 Å². The van der Waals surface area contributed by atoms with Crippen LogP contribution in [-0.2, 0) is 14.6 Å². The van der Waals surface area contributed by atoms with Gasteiger partial charge in [-0.3, -0.25) is 0 Å². The third-order valence-electron chi connectivity index (χ3n) is 2.79. The Bertz CT molecular complexity index is 439. The fourth-order valence-electron chi connectivity index (χ4n) is 1.97. The summed E-state index contributed by atoms with van der Waals surface area (Å²) in [6.07, 6.45) is 0.701. The highest BCUT2D eigenvalue weighted by atomic mass is 32.2. The molecular weight excluding hydrogens is 224 g/mol. The largest absolute Gasteiger partial charge is 0.377 e. The monoisotopic (exact) mass is 240 g/mol. The maximum atomic E-state index is 12.0. The van der Waals surface area contributed by atoms with Gasteiger partial charge in [-0.2, -0.15) is 0 Å². The van der Waals surface area contributed by atoms with Crippen LogP contribution in [0.15, 0.2) is 35.2 Å². The molecule has 0 amide bonds. The van der Waals surface area contributed by atoms with Gasteiger partial charge < -0.3 is 4.74 Å². The molecule has 0 aromatic heterocycles. The molecule has 16 heavy (non-hydrogen) atoms. The number of rotatable bonds is 3. The van der Waals surface area contributed by atoms with Crippen LogP contribution >= 0.6 is 0 Å². The molecule has 0 bridgehead atoms. The van der Waals surface area contributed by atoms with Gasteiger partial charge in [0.2, 0.25) is 0 Å². The Morgan fingerprint density at radius 2 is 2.00 bits per heavy atom. The van der Waals surface area contributed by atoms with Crippen molar-refractivity contribution in [2.45, 2.75) is 24.3 Å². The minimum absolute atomic E-state index is 0.0986. The number of sulfone groups is 1. The van der Waals surface area contributed by atoms with Crippen LogP contribution in [0.1, 0.15) is 13.3 Å². The van der Waals surface area contributed by atoms with Gasteiger partial charge in [0, 0.05) is 6.61 Å². The molecule has 3 nitrogen and oxygen atoms in total. The second kappa shape index (κ2) is 4.55. The Morgan fingerprint density at radius 1 is 1.31 bits per heavy atom. The zero-order valence-corrected chi connectivity index (χ0v) is 10.1. The molecule has 1 aliphatic rings. The molecule has 1 aromatic carbocycles. The van der Waals surface area contributed by atoms with Crippen molar-refractivity contribution in [3.05, 3.63) is 30.3 Å². The van der Waals surface area contributed by atoms with Gasteiger partial charge >= 0.3 is 0 Å². The first-order valence-electron chi connectivity index (χ1n) is 5.47. The molecule has 2 rings (SSSR count). The first kappa shape index (κ1) is 11.6. The van der Waals surface area contributed by atoms with Crippen LogP contribution < -0.4 is 0 Å². The van der Waals surface area contributed by atoms with Gasteiger partial charge in [-0.1, -0.05) is 25.1 Å². The predicted molar refractivity (Wildman–Crippen MR) is 62.0 cm³/mol. The van der Waals surface area contributed by atoms with Crippen molar-refractivity contribution < 1.29 is 13.2 Å². The van der Waals surface area contributed by atoms with E-state index < -0.39 is 9.84 Å². The van der Waals surface area contributed by atoms with Gasteiger partial charge in [-0.25, -0.2) is 8.42 Å². The highest BCUT2D eigenvalue weighted by molar-refractivity contribution is 7.91. The first-order chi connectivity index (χ1) is 7.58. The number of benzene rings is 1. The summed E-state index contributed by atoms with van der Waals surface area (Å²) in [5.41, 5.74) is 0. The van der Waals surface area contributed by atoms with Crippen LogP contribution in [0.25, 0.3) is 0 Å². The lowest BCUT2D eigenvalue weighted by molar-refractivity contribution is 0.123. The Labute approximate surface area is 96.4 Å². The molecule has 1 aliphatic heterocycles. The predicted octanol–water partition coefficient (Wildman–Crippen LogP) is 1.89. The molecule has 1 saturated heterocycles. The summed E-state index contributed by atoms with van der Waals surface area (Å²) in [6, 6.07) is 8.56. The molecule has 0 spiro atoms. The van der Waals surface area contributed by atoms with Crippen LogP contribution in [0.4, 0.5) is 0 Å². The SMILES string of the molecule is C[C@H]1CO[C@H](CS(=O)(=O)c2ccccc2)C1. The quantitative estimate of drug-likeness (QED) is 0.810. The molecule has 0 aliphatic carbocycles. The summed E-state index contributed by atoms with van der Waals surface area (Å²) >= 11 is 0. The van der Waals surface area contributed by atoms with E-state index in [4.69, 9.17) is 4.74 Å². The van der Waals surface area contributed by atoms with E-state index in [1.807, 2.05) is 6.07 Å². The lowest BCUT2D eigenvalue weighted by Gasteiger charge is -2.09. The second-order valence-electron chi connectivity index (χ2n) is 4.39. The topological polar surface area (TPSA) is 43.4 Å². The Kier molecular flexibility index (Phi) is 3.30. The van der Waals surface area contributed by atoms with E-state index in [1.54, 1.807) is 24.3 Å². The third-order valence-corrected chi connectivity index (χ3v) is 4.59. The van der Waals surface area contributed by atoms with Crippen molar-refractivity contribution in [1.82, 2.24) is 0 Å². The lowest BCUT2D eigenvalue weighted by Crippen LogP contribution is -2.20. The van der Waals surface area contributed by atoms with Crippen molar-refractivity contribution in [1.29, 1.82) is 0 Å². The van der Waals surface area contributed by atoms with Crippen molar-refractivity contribution in [3.63, 3.8) is 0 Å². The molecule has 1 aromatic rings. The molecule has 88 valence electrons. The maximum Gasteiger partial charge on any atom is 0.180 e. The van der Waals surface area contributed by atoms with E-state index in [0.717, 1.165) is 6.42 Å². The van der Waals surface area contributed by atoms with Crippen molar-refractivity contribution in [2.24, 2.45) is 5.92 Å². The van der Waals surface area contributed by atoms with E-state index in [1.165, 1.54) is 0 Å². The minimum atomic E-state index is -3.19. The van der Waals surface area contributed by atoms with Crippen molar-refractivity contribution in [3.8, 4) is 0 Å². The molecule has 2 atom stereocenters. The second-order valence-corrected chi connectivity index (χ2v) is 6.42. The normalized spacial score (nSPS) is 25.8. The molecule has 1 heterocycles. The van der Waals surface area contributed by atoms with Crippen LogP contribution in [0, 0.1) is 5.92 Å². The zero-order chi connectivity index (χ0) is 11.6. The van der Waals surface area contributed by atoms with Gasteiger partial charge in [0.05, 0.1) is 16.8 Å². The Morgan fingerprint density at radius 3 is 2.56 bits per heavy atom. The summed E-state index contributed by atoms with van der Waals surface area (Å²) in [5, 5.41) is 0. The lowest BCUT2D eigenvalue weighted by atomic mass is 10.1. The van der Waals surface area contributed by atoms with E-state index in [9.17, 15) is 8.42 Å². The summed E-state index contributed by atoms with van der Waals surface area (Å²) in [7, 11) is -3.19. The standard InChI is InChI=1S/C12H16O3S/c1-10-7-11(15-8-10)9-16(13,14)12-5-3-2-4-6-12/h2-6,10-11H,7-9H2,1H3/t10-,11+/m1/s1. The molecule has 0 N–H and O–H groups in total. The van der Waals surface area contributed by atoms with Gasteiger partial charge in [-0.15, -0.1) is 0 Å². The van der Waals surface area contributed by atoms with E-state index in [2.05, 4.69) is 6.92 Å². The average molecular weight is 240 g/mol. The van der Waals surface area contributed by atoms with Crippen LogP contribution in [0.3, 0.4) is 0 Å². The van der Waals surface area contributed by atoms with E-state index >= 15 is 0 Å². The van der Waals surface area contributed by atoms with E-state index in [-0.39, 0.29) is 11.9 Å². The van der Waals surface area contributed by atoms with Crippen molar-refractivity contribution in [2.75, 3.05) is 12.4 Å². The molecule has 4 heteroatoms. The third kappa shape index (κ3) is 2.62. The molecule has 0 radical (unpaired) electrons. The zero-order valence-electron chi connectivity index (χ0n) is 9.30. The van der Waals surface area contributed by atoms with Gasteiger partial charge in [-0.05, 0) is 24.5 Å². The first-order valence-corrected chi connectivity index (χ1v) is 7.12. The van der Waals surface area contributed by atoms with Crippen LogP contribution in [0.5, 0.6) is 0 Å². The molecule has 1 fully saturated rings. The fourth-order valence-corrected chi connectivity index (χ4v) is 3.46. The molecular formula is C12H16O3S. The van der Waals surface area contributed by atoms with Crippen LogP contribution in [-0.4, -0.2) is 26.9 Å². The Hall–Kier alpha value is -0.870. The number of ether oxygens (including phenoxy) is 1. The molecule has 0 unspecified atom stereocenters. The Balaban J connectivity index is 2.09. The number of hydrogen-bond acceptors (Lipinski definition) is 3. The summed E-state index contributed by atoms with van der Waals surface area (Å²) in [5.74, 6) is 0.567. The summed E-state index contributed by atoms with van der Waals surface area (Å²) in [4.78, 5) is 0.387. The van der Waals surface area contributed by atoms with E-state index in [0.29, 0.717) is 17.4 Å². The number of hydrogen-bond donors (Lipinski definition) is 0. The minimum Gasteiger partial charge on any atom is -0.377 e. The summed E-state index contributed by atoms with van der Waals surface area (Å²) in [6.45, 7) is 2.75. The molecule has 0 saturated carbocycles. The smallest absolute Gasteiger partial charge is 0.180 e.